The van der Waals surface area contributed by atoms with Gasteiger partial charge in [-0.25, -0.2) is 0 Å². The molecule has 1 aromatic carbocycles. The normalized spacial score (nSPS) is 38.3. The molecule has 1 spiro atoms. The van der Waals surface area contributed by atoms with Crippen molar-refractivity contribution in [3.63, 3.8) is 0 Å². The summed E-state index contributed by atoms with van der Waals surface area (Å²) in [5.74, 6) is -3.30. The summed E-state index contributed by atoms with van der Waals surface area (Å²) >= 11 is 0. The fourth-order valence-corrected chi connectivity index (χ4v) is 5.48. The van der Waals surface area contributed by atoms with Crippen LogP contribution in [0.1, 0.15) is 30.9 Å². The van der Waals surface area contributed by atoms with Crippen molar-refractivity contribution in [1.82, 2.24) is 0 Å². The van der Waals surface area contributed by atoms with Crippen LogP contribution in [-0.4, -0.2) is 30.7 Å². The molecule has 146 valence electrons. The average molecular weight is 390 g/mol. The number of nitrogens with one attached hydrogen (secondary N) is 1. The van der Waals surface area contributed by atoms with Gasteiger partial charge in [0, 0.05) is 19.3 Å². The summed E-state index contributed by atoms with van der Waals surface area (Å²) in [6, 6.07) is 15.2. The maximum Gasteiger partial charge on any atom is 0.218 e. The first kappa shape index (κ1) is 18.1. The number of benzene rings is 1. The molecule has 0 amide bonds. The molecule has 1 saturated carbocycles. The highest BCUT2D eigenvalue weighted by Crippen LogP contribution is 2.70. The van der Waals surface area contributed by atoms with Gasteiger partial charge in [-0.3, -0.25) is 5.41 Å². The van der Waals surface area contributed by atoms with Crippen LogP contribution in [0.3, 0.4) is 0 Å². The smallest absolute Gasteiger partial charge is 0.218 e. The topological polar surface area (TPSA) is 132 Å². The van der Waals surface area contributed by atoms with Gasteiger partial charge in [-0.05, 0) is 5.56 Å². The molecular weight excluding hydrogens is 372 g/mol. The summed E-state index contributed by atoms with van der Waals surface area (Å²) in [6.45, 7) is 0.874. The molecule has 2 bridgehead atoms. The highest BCUT2D eigenvalue weighted by atomic mass is 16.7. The van der Waals surface area contributed by atoms with Crippen LogP contribution < -0.4 is 0 Å². The van der Waals surface area contributed by atoms with Crippen molar-refractivity contribution in [3.8, 4) is 18.2 Å². The monoisotopic (exact) mass is 390 g/mol. The highest BCUT2D eigenvalue weighted by Gasteiger charge is 2.82. The zero-order valence-electron chi connectivity index (χ0n) is 15.6. The number of nitrogens with zero attached hydrogens (tertiary/aromatic N) is 3. The van der Waals surface area contributed by atoms with Crippen molar-refractivity contribution in [2.24, 2.45) is 16.7 Å². The van der Waals surface area contributed by atoms with E-state index in [1.807, 2.05) is 6.07 Å². The number of ether oxygens (including phenoxy) is 4. The van der Waals surface area contributed by atoms with Crippen molar-refractivity contribution in [1.29, 1.82) is 21.2 Å². The van der Waals surface area contributed by atoms with Crippen LogP contribution in [0.2, 0.25) is 0 Å². The van der Waals surface area contributed by atoms with Crippen LogP contribution in [0.15, 0.2) is 30.3 Å². The van der Waals surface area contributed by atoms with Crippen LogP contribution in [0.4, 0.5) is 0 Å². The van der Waals surface area contributed by atoms with Gasteiger partial charge in [-0.1, -0.05) is 30.3 Å². The Morgan fingerprint density at radius 2 is 1.66 bits per heavy atom. The molecule has 3 heterocycles. The molecule has 4 unspecified atom stereocenters. The molecule has 4 atom stereocenters. The molecule has 1 aliphatic carbocycles. The first-order chi connectivity index (χ1) is 14.0. The minimum atomic E-state index is -1.96. The zero-order valence-corrected chi connectivity index (χ0v) is 15.6. The average Bonchev–Trinajstić information content (AvgIpc) is 3.28. The molecule has 3 aliphatic heterocycles. The van der Waals surface area contributed by atoms with Gasteiger partial charge in [0.05, 0.1) is 37.3 Å². The number of hydrogen-bond donors (Lipinski definition) is 1. The van der Waals surface area contributed by atoms with E-state index in [0.29, 0.717) is 31.6 Å². The van der Waals surface area contributed by atoms with E-state index in [4.69, 9.17) is 24.4 Å². The number of hydrogen-bond acceptors (Lipinski definition) is 8. The van der Waals surface area contributed by atoms with Gasteiger partial charge in [0.1, 0.15) is 6.10 Å². The van der Waals surface area contributed by atoms with E-state index in [9.17, 15) is 15.8 Å². The van der Waals surface area contributed by atoms with Gasteiger partial charge in [0.25, 0.3) is 0 Å². The third-order valence-electron chi connectivity index (χ3n) is 6.83. The molecule has 5 rings (SSSR count). The van der Waals surface area contributed by atoms with Gasteiger partial charge in [-0.2, -0.15) is 15.8 Å². The second-order valence-electron chi connectivity index (χ2n) is 7.97. The van der Waals surface area contributed by atoms with Crippen molar-refractivity contribution in [3.05, 3.63) is 35.9 Å². The van der Waals surface area contributed by atoms with Crippen molar-refractivity contribution in [2.75, 3.05) is 13.2 Å². The summed E-state index contributed by atoms with van der Waals surface area (Å²) in [5, 5.41) is 39.4. The zero-order chi connectivity index (χ0) is 20.3. The number of rotatable bonds is 1. The lowest BCUT2D eigenvalue weighted by atomic mass is 9.51. The molecule has 8 heteroatoms. The van der Waals surface area contributed by atoms with E-state index in [0.717, 1.165) is 0 Å². The quantitative estimate of drug-likeness (QED) is 0.779. The fourth-order valence-electron chi connectivity index (χ4n) is 5.48. The number of nitriles is 3. The Morgan fingerprint density at radius 1 is 0.966 bits per heavy atom. The lowest BCUT2D eigenvalue weighted by Crippen LogP contribution is -2.63. The Labute approximate surface area is 167 Å². The summed E-state index contributed by atoms with van der Waals surface area (Å²) < 4.78 is 24.0. The molecule has 3 saturated heterocycles. The van der Waals surface area contributed by atoms with Gasteiger partial charge in [0.2, 0.25) is 17.1 Å². The van der Waals surface area contributed by atoms with E-state index >= 15 is 0 Å². The Balaban J connectivity index is 1.73. The minimum absolute atomic E-state index is 0.218. The Morgan fingerprint density at radius 3 is 2.28 bits per heavy atom. The molecule has 4 fully saturated rings. The van der Waals surface area contributed by atoms with Crippen LogP contribution in [0.25, 0.3) is 0 Å². The van der Waals surface area contributed by atoms with E-state index in [-0.39, 0.29) is 12.3 Å². The van der Waals surface area contributed by atoms with Crippen molar-refractivity contribution in [2.45, 2.75) is 36.9 Å². The second kappa shape index (κ2) is 5.78. The van der Waals surface area contributed by atoms with E-state index in [1.54, 1.807) is 24.3 Å². The summed E-state index contributed by atoms with van der Waals surface area (Å²) in [6.07, 6.45) is -0.00165. The first-order valence-corrected chi connectivity index (χ1v) is 9.54. The third-order valence-corrected chi connectivity index (χ3v) is 6.83. The summed E-state index contributed by atoms with van der Waals surface area (Å²) in [4.78, 5) is 0. The predicted octanol–water partition coefficient (Wildman–Crippen LogP) is 2.55. The Hall–Kier alpha value is -2.96. The molecule has 29 heavy (non-hydrogen) atoms. The predicted molar refractivity (Wildman–Crippen MR) is 95.5 cm³/mol. The van der Waals surface area contributed by atoms with Crippen molar-refractivity contribution < 1.29 is 18.9 Å². The van der Waals surface area contributed by atoms with Crippen LogP contribution in [0, 0.1) is 56.2 Å². The standard InChI is InChI=1S/C21H18N4O4/c22-11-18(12-23)16(14-4-2-1-3-5-14)28-21-7-6-19(26-8-9-27-19)10-15(21)20(18,13-24)17(25)29-21/h1-5,15-16,25H,6-10H2. The summed E-state index contributed by atoms with van der Waals surface area (Å²) in [7, 11) is 0. The van der Waals surface area contributed by atoms with Gasteiger partial charge in [-0.15, -0.1) is 0 Å². The maximum absolute atomic E-state index is 10.4. The van der Waals surface area contributed by atoms with Crippen LogP contribution in [0.5, 0.6) is 0 Å². The van der Waals surface area contributed by atoms with E-state index in [1.165, 1.54) is 0 Å². The maximum atomic E-state index is 10.4. The van der Waals surface area contributed by atoms with E-state index in [2.05, 4.69) is 18.2 Å². The molecule has 8 nitrogen and oxygen atoms in total. The SMILES string of the molecule is N#CC1(C#N)C(c2ccccc2)OC23CCC4(CC2C1(C#N)C(=N)O3)OCCO4. The molecule has 1 aromatic rings. The second-order valence-corrected chi connectivity index (χ2v) is 7.97. The first-order valence-electron chi connectivity index (χ1n) is 9.54. The van der Waals surface area contributed by atoms with Gasteiger partial charge >= 0.3 is 0 Å². The van der Waals surface area contributed by atoms with Crippen LogP contribution >= 0.6 is 0 Å². The van der Waals surface area contributed by atoms with Crippen LogP contribution in [-0.2, 0) is 18.9 Å². The van der Waals surface area contributed by atoms with Crippen molar-refractivity contribution >= 4 is 5.90 Å². The molecule has 4 aliphatic rings. The molecule has 0 aromatic heterocycles. The lowest BCUT2D eigenvalue weighted by Gasteiger charge is -2.54. The fraction of sp³-hybridized carbons (Fsp3) is 0.524. The molecular formula is C21H18N4O4. The minimum Gasteiger partial charge on any atom is -0.447 e. The molecule has 1 N–H and O–H groups in total. The van der Waals surface area contributed by atoms with E-state index < -0.39 is 34.4 Å². The highest BCUT2D eigenvalue weighted by molar-refractivity contribution is 5.89. The third kappa shape index (κ3) is 1.97. The summed E-state index contributed by atoms with van der Waals surface area (Å²) in [5.41, 5.74) is -3.15. The Kier molecular flexibility index (Phi) is 3.61. The Bertz CT molecular complexity index is 986. The largest absolute Gasteiger partial charge is 0.447 e. The van der Waals surface area contributed by atoms with Gasteiger partial charge < -0.3 is 18.9 Å². The lowest BCUT2D eigenvalue weighted by molar-refractivity contribution is -0.330. The van der Waals surface area contributed by atoms with Gasteiger partial charge in [0.15, 0.2) is 11.2 Å². The molecule has 0 radical (unpaired) electrons.